The predicted molar refractivity (Wildman–Crippen MR) is 72.8 cm³/mol. The van der Waals surface area contributed by atoms with Gasteiger partial charge in [-0.2, -0.15) is 5.10 Å². The Morgan fingerprint density at radius 3 is 3.10 bits per heavy atom. The van der Waals surface area contributed by atoms with Gasteiger partial charge in [0.1, 0.15) is 11.5 Å². The van der Waals surface area contributed by atoms with Crippen molar-refractivity contribution in [2.45, 2.75) is 32.4 Å². The van der Waals surface area contributed by atoms with Crippen LogP contribution in [-0.2, 0) is 13.0 Å². The maximum atomic E-state index is 13.3. The standard InChI is InChI=1S/C15H16FN3O/c1-2-19-8-7-14(18-19)15(20)17-13-6-4-10-3-5-11(16)9-12(10)13/h3,5,7-9,13H,2,4,6H2,1H3,(H,17,20). The Morgan fingerprint density at radius 2 is 2.35 bits per heavy atom. The van der Waals surface area contributed by atoms with Crippen molar-refractivity contribution >= 4 is 5.91 Å². The van der Waals surface area contributed by atoms with E-state index in [2.05, 4.69) is 10.4 Å². The van der Waals surface area contributed by atoms with Gasteiger partial charge in [-0.3, -0.25) is 9.48 Å². The Morgan fingerprint density at radius 1 is 1.50 bits per heavy atom. The van der Waals surface area contributed by atoms with Crippen molar-refractivity contribution in [1.82, 2.24) is 15.1 Å². The van der Waals surface area contributed by atoms with Gasteiger partial charge < -0.3 is 5.32 Å². The second-order valence-electron chi connectivity index (χ2n) is 4.96. The number of carbonyl (C=O) groups is 1. The van der Waals surface area contributed by atoms with Gasteiger partial charge >= 0.3 is 0 Å². The van der Waals surface area contributed by atoms with Gasteiger partial charge in [0, 0.05) is 12.7 Å². The zero-order chi connectivity index (χ0) is 14.1. The lowest BCUT2D eigenvalue weighted by molar-refractivity contribution is 0.0930. The summed E-state index contributed by atoms with van der Waals surface area (Å²) in [6.07, 6.45) is 3.44. The molecule has 104 valence electrons. The van der Waals surface area contributed by atoms with Gasteiger partial charge in [0.05, 0.1) is 6.04 Å². The smallest absolute Gasteiger partial charge is 0.272 e. The molecule has 0 fully saturated rings. The van der Waals surface area contributed by atoms with Gasteiger partial charge in [-0.15, -0.1) is 0 Å². The number of halogens is 1. The molecule has 2 aromatic rings. The monoisotopic (exact) mass is 273 g/mol. The zero-order valence-electron chi connectivity index (χ0n) is 11.3. The first kappa shape index (κ1) is 12.8. The van der Waals surface area contributed by atoms with E-state index in [0.717, 1.165) is 30.5 Å². The van der Waals surface area contributed by atoms with Crippen LogP contribution in [0.1, 0.15) is 41.0 Å². The van der Waals surface area contributed by atoms with Crippen molar-refractivity contribution < 1.29 is 9.18 Å². The van der Waals surface area contributed by atoms with Gasteiger partial charge in [0.25, 0.3) is 5.91 Å². The van der Waals surface area contributed by atoms with E-state index in [0.29, 0.717) is 5.69 Å². The molecule has 20 heavy (non-hydrogen) atoms. The third kappa shape index (κ3) is 2.31. The summed E-state index contributed by atoms with van der Waals surface area (Å²) < 4.78 is 15.0. The predicted octanol–water partition coefficient (Wildman–Crippen LogP) is 2.46. The van der Waals surface area contributed by atoms with Crippen molar-refractivity contribution in [3.63, 3.8) is 0 Å². The fourth-order valence-corrected chi connectivity index (χ4v) is 2.61. The molecule has 5 heteroatoms. The molecule has 0 aliphatic heterocycles. The fourth-order valence-electron chi connectivity index (χ4n) is 2.61. The van der Waals surface area contributed by atoms with E-state index in [9.17, 15) is 9.18 Å². The number of aryl methyl sites for hydroxylation is 2. The van der Waals surface area contributed by atoms with Gasteiger partial charge in [-0.1, -0.05) is 6.07 Å². The number of carbonyl (C=O) groups excluding carboxylic acids is 1. The highest BCUT2D eigenvalue weighted by Gasteiger charge is 2.25. The number of nitrogens with one attached hydrogen (secondary N) is 1. The highest BCUT2D eigenvalue weighted by Crippen LogP contribution is 2.31. The molecular formula is C15H16FN3O. The zero-order valence-corrected chi connectivity index (χ0v) is 11.3. The van der Waals surface area contributed by atoms with Crippen LogP contribution in [0.5, 0.6) is 0 Å². The Bertz CT molecular complexity index is 650. The summed E-state index contributed by atoms with van der Waals surface area (Å²) in [6, 6.07) is 6.34. The van der Waals surface area contributed by atoms with Crippen LogP contribution < -0.4 is 5.32 Å². The summed E-state index contributed by atoms with van der Waals surface area (Å²) in [5, 5.41) is 7.11. The lowest BCUT2D eigenvalue weighted by Gasteiger charge is -2.13. The minimum absolute atomic E-state index is 0.125. The van der Waals surface area contributed by atoms with E-state index in [1.54, 1.807) is 23.0 Å². The number of aromatic nitrogens is 2. The van der Waals surface area contributed by atoms with Gasteiger partial charge in [0.2, 0.25) is 0 Å². The van der Waals surface area contributed by atoms with E-state index in [-0.39, 0.29) is 17.8 Å². The summed E-state index contributed by atoms with van der Waals surface area (Å²) >= 11 is 0. The number of benzene rings is 1. The average molecular weight is 273 g/mol. The van der Waals surface area contributed by atoms with Crippen LogP contribution in [-0.4, -0.2) is 15.7 Å². The summed E-state index contributed by atoms with van der Waals surface area (Å²) in [6.45, 7) is 2.69. The molecule has 1 amide bonds. The van der Waals surface area contributed by atoms with Crippen LogP contribution >= 0.6 is 0 Å². The van der Waals surface area contributed by atoms with E-state index >= 15 is 0 Å². The van der Waals surface area contributed by atoms with Gasteiger partial charge in [0.15, 0.2) is 0 Å². The lowest BCUT2D eigenvalue weighted by Crippen LogP contribution is -2.27. The van der Waals surface area contributed by atoms with Gasteiger partial charge in [-0.25, -0.2) is 4.39 Å². The maximum absolute atomic E-state index is 13.3. The molecule has 1 aromatic carbocycles. The summed E-state index contributed by atoms with van der Waals surface area (Å²) in [5.41, 5.74) is 2.39. The molecule has 0 spiro atoms. The van der Waals surface area contributed by atoms with E-state index < -0.39 is 0 Å². The molecular weight excluding hydrogens is 257 g/mol. The molecule has 3 rings (SSSR count). The third-order valence-electron chi connectivity index (χ3n) is 3.69. The largest absolute Gasteiger partial charge is 0.344 e. The summed E-state index contributed by atoms with van der Waals surface area (Å²) in [5.74, 6) is -0.473. The first-order valence-corrected chi connectivity index (χ1v) is 6.80. The molecule has 1 aliphatic carbocycles. The number of hydrogen-bond acceptors (Lipinski definition) is 2. The summed E-state index contributed by atoms with van der Waals surface area (Å²) in [4.78, 5) is 12.1. The maximum Gasteiger partial charge on any atom is 0.272 e. The third-order valence-corrected chi connectivity index (χ3v) is 3.69. The molecule has 0 radical (unpaired) electrons. The van der Waals surface area contributed by atoms with Crippen LogP contribution in [0.25, 0.3) is 0 Å². The number of hydrogen-bond donors (Lipinski definition) is 1. The van der Waals surface area contributed by atoms with Crippen LogP contribution in [0, 0.1) is 5.82 Å². The van der Waals surface area contributed by atoms with Gasteiger partial charge in [-0.05, 0) is 49.1 Å². The van der Waals surface area contributed by atoms with Crippen LogP contribution in [0.4, 0.5) is 4.39 Å². The van der Waals surface area contributed by atoms with Crippen molar-refractivity contribution in [1.29, 1.82) is 0 Å². The van der Waals surface area contributed by atoms with Crippen molar-refractivity contribution in [3.05, 3.63) is 53.1 Å². The molecule has 4 nitrogen and oxygen atoms in total. The Kier molecular flexibility index (Phi) is 3.26. The highest BCUT2D eigenvalue weighted by atomic mass is 19.1. The Balaban J connectivity index is 1.76. The molecule has 1 N–H and O–H groups in total. The van der Waals surface area contributed by atoms with E-state index in [1.165, 1.54) is 12.1 Å². The first-order chi connectivity index (χ1) is 9.67. The summed E-state index contributed by atoms with van der Waals surface area (Å²) in [7, 11) is 0. The van der Waals surface area contributed by atoms with Crippen molar-refractivity contribution in [2.24, 2.45) is 0 Å². The van der Waals surface area contributed by atoms with Crippen molar-refractivity contribution in [2.75, 3.05) is 0 Å². The van der Waals surface area contributed by atoms with Crippen LogP contribution in [0.2, 0.25) is 0 Å². The topological polar surface area (TPSA) is 46.9 Å². The number of rotatable bonds is 3. The van der Waals surface area contributed by atoms with E-state index in [4.69, 9.17) is 0 Å². The minimum Gasteiger partial charge on any atom is -0.344 e. The SMILES string of the molecule is CCn1ccc(C(=O)NC2CCc3ccc(F)cc32)n1. The Labute approximate surface area is 116 Å². The fraction of sp³-hybridized carbons (Fsp3) is 0.333. The molecule has 1 unspecified atom stereocenters. The molecule has 0 saturated carbocycles. The lowest BCUT2D eigenvalue weighted by atomic mass is 10.1. The van der Waals surface area contributed by atoms with E-state index in [1.807, 2.05) is 6.92 Å². The quantitative estimate of drug-likeness (QED) is 0.933. The molecule has 0 saturated heterocycles. The first-order valence-electron chi connectivity index (χ1n) is 6.80. The molecule has 1 heterocycles. The number of amides is 1. The van der Waals surface area contributed by atoms with Crippen molar-refractivity contribution in [3.8, 4) is 0 Å². The van der Waals surface area contributed by atoms with Crippen LogP contribution in [0.15, 0.2) is 30.5 Å². The second-order valence-corrected chi connectivity index (χ2v) is 4.96. The van der Waals surface area contributed by atoms with Crippen LogP contribution in [0.3, 0.4) is 0 Å². The minimum atomic E-state index is -0.264. The number of fused-ring (bicyclic) bond motifs is 1. The normalized spacial score (nSPS) is 17.0. The number of nitrogens with zero attached hydrogens (tertiary/aromatic N) is 2. The molecule has 1 aliphatic rings. The Hall–Kier alpha value is -2.17. The highest BCUT2D eigenvalue weighted by molar-refractivity contribution is 5.92. The molecule has 1 aromatic heterocycles. The molecule has 0 bridgehead atoms. The second kappa shape index (κ2) is 5.07. The average Bonchev–Trinajstić information content (AvgIpc) is 3.06. The molecule has 1 atom stereocenters.